The fraction of sp³-hybridized carbons (Fsp3) is 0.115. The van der Waals surface area contributed by atoms with Crippen molar-refractivity contribution in [3.63, 3.8) is 0 Å². The monoisotopic (exact) mass is 870 g/mol. The van der Waals surface area contributed by atoms with E-state index in [1.54, 1.807) is 0 Å². The van der Waals surface area contributed by atoms with E-state index in [2.05, 4.69) is 243 Å². The maximum atomic E-state index is 4.81. The quantitative estimate of drug-likeness (QED) is 0.0569. The van der Waals surface area contributed by atoms with Crippen molar-refractivity contribution >= 4 is 73.0 Å². The van der Waals surface area contributed by atoms with E-state index >= 15 is 0 Å². The zero-order valence-electron chi connectivity index (χ0n) is 39.1. The Morgan fingerprint density at radius 3 is 1.21 bits per heavy atom. The molecule has 1 atom stereocenters. The first-order chi connectivity index (χ1) is 32.6. The Kier molecular flexibility index (Phi) is 11.2. The summed E-state index contributed by atoms with van der Waals surface area (Å²) >= 11 is 0. The molecule has 4 heterocycles. The number of hydrogen-bond acceptors (Lipinski definition) is 2. The van der Waals surface area contributed by atoms with E-state index in [1.807, 2.05) is 18.5 Å². The highest BCUT2D eigenvalue weighted by atomic mass is 15.0. The Morgan fingerprint density at radius 1 is 0.433 bits per heavy atom. The van der Waals surface area contributed by atoms with Gasteiger partial charge in [-0.05, 0) is 133 Å². The molecule has 6 aromatic carbocycles. The van der Waals surface area contributed by atoms with Crippen molar-refractivity contribution in [2.45, 2.75) is 19.8 Å². The molecular weight excluding hydrogens is 817 g/mol. The van der Waals surface area contributed by atoms with Gasteiger partial charge in [-0.25, -0.2) is 0 Å². The van der Waals surface area contributed by atoms with E-state index in [0.29, 0.717) is 0 Å². The second-order valence-electron chi connectivity index (χ2n) is 17.7. The summed E-state index contributed by atoms with van der Waals surface area (Å²) in [5.74, 6) is 0.252. The van der Waals surface area contributed by atoms with E-state index in [-0.39, 0.29) is 5.92 Å². The van der Waals surface area contributed by atoms with Crippen LogP contribution in [0.5, 0.6) is 0 Å². The van der Waals surface area contributed by atoms with E-state index in [4.69, 9.17) is 9.98 Å². The third-order valence-corrected chi connectivity index (χ3v) is 13.4. The number of hydrogen-bond donors (Lipinski definition) is 0. The molecule has 0 radical (unpaired) electrons. The molecule has 6 heteroatoms. The van der Waals surface area contributed by atoms with E-state index in [9.17, 15) is 0 Å². The fourth-order valence-electron chi connectivity index (χ4n) is 9.63. The Labute approximate surface area is 392 Å². The molecule has 0 aliphatic heterocycles. The molecule has 0 amide bonds. The third kappa shape index (κ3) is 8.01. The lowest BCUT2D eigenvalue weighted by Gasteiger charge is -2.09. The SMILES string of the molecule is C=CC(C)c1ccc2ccc3ccc(-c4ccc(C=Nc5ccc(-c6ccc(N=Cc7ccc(-c8ccc9ccc%10ccc(C(=C)C)[n+](C)c%10c9[n+]8C)cc7)cc6)cc5)cc4)[n+](C)c3c2[n+]1C. The number of rotatable bonds is 10. The zero-order chi connectivity index (χ0) is 46.3. The largest absolute Gasteiger partial charge is 0.285 e. The van der Waals surface area contributed by atoms with Crippen LogP contribution < -0.4 is 18.3 Å². The van der Waals surface area contributed by atoms with Gasteiger partial charge in [0.2, 0.25) is 17.1 Å². The summed E-state index contributed by atoms with van der Waals surface area (Å²) in [5.41, 5.74) is 19.0. The minimum absolute atomic E-state index is 0.252. The van der Waals surface area contributed by atoms with Gasteiger partial charge in [-0.15, -0.1) is 6.58 Å². The molecule has 0 fully saturated rings. The summed E-state index contributed by atoms with van der Waals surface area (Å²) < 4.78 is 9.21. The van der Waals surface area contributed by atoms with Gasteiger partial charge >= 0.3 is 0 Å². The van der Waals surface area contributed by atoms with Crippen molar-refractivity contribution in [2.75, 3.05) is 0 Å². The van der Waals surface area contributed by atoms with Gasteiger partial charge in [-0.3, -0.25) is 9.98 Å². The zero-order valence-corrected chi connectivity index (χ0v) is 39.1. The van der Waals surface area contributed by atoms with Crippen LogP contribution >= 0.6 is 0 Å². The molecule has 0 bridgehead atoms. The van der Waals surface area contributed by atoms with Crippen LogP contribution in [0, 0.1) is 0 Å². The highest BCUT2D eigenvalue weighted by Crippen LogP contribution is 2.29. The summed E-state index contributed by atoms with van der Waals surface area (Å²) in [6.45, 7) is 12.5. The molecule has 0 saturated carbocycles. The number of fused-ring (bicyclic) bond motifs is 6. The lowest BCUT2D eigenvalue weighted by molar-refractivity contribution is -0.665. The van der Waals surface area contributed by atoms with Gasteiger partial charge in [0.05, 0.1) is 38.8 Å². The van der Waals surface area contributed by atoms with Crippen LogP contribution in [0.1, 0.15) is 42.3 Å². The highest BCUT2D eigenvalue weighted by Gasteiger charge is 2.26. The first-order valence-electron chi connectivity index (χ1n) is 22.8. The molecular formula is C61H54N6+4. The van der Waals surface area contributed by atoms with Crippen molar-refractivity contribution < 1.29 is 18.3 Å². The van der Waals surface area contributed by atoms with Crippen molar-refractivity contribution in [3.8, 4) is 33.6 Å². The van der Waals surface area contributed by atoms with Crippen LogP contribution in [0.2, 0.25) is 0 Å². The predicted octanol–water partition coefficient (Wildman–Crippen LogP) is 12.4. The van der Waals surface area contributed by atoms with Gasteiger partial charge in [0.15, 0.2) is 5.69 Å². The van der Waals surface area contributed by atoms with E-state index in [0.717, 1.165) is 67.4 Å². The van der Waals surface area contributed by atoms with Gasteiger partial charge in [-0.2, -0.15) is 18.3 Å². The Hall–Kier alpha value is -8.22. The lowest BCUT2D eigenvalue weighted by Crippen LogP contribution is -2.39. The van der Waals surface area contributed by atoms with Gasteiger partial charge in [-0.1, -0.05) is 61.2 Å². The molecule has 6 nitrogen and oxygen atoms in total. The number of allylic oxidation sites excluding steroid dienone is 2. The molecule has 0 aliphatic rings. The normalized spacial score (nSPS) is 12.3. The Morgan fingerprint density at radius 2 is 0.791 bits per heavy atom. The second-order valence-corrected chi connectivity index (χ2v) is 17.7. The Bertz CT molecular complexity index is 3640. The number of aryl methyl sites for hydroxylation is 4. The summed E-state index contributed by atoms with van der Waals surface area (Å²) in [6, 6.07) is 60.5. The van der Waals surface area contributed by atoms with Crippen molar-refractivity contribution in [1.29, 1.82) is 0 Å². The van der Waals surface area contributed by atoms with Gasteiger partial charge in [0.25, 0.3) is 22.1 Å². The molecule has 0 spiro atoms. The van der Waals surface area contributed by atoms with Gasteiger partial charge in [0, 0.05) is 53.4 Å². The number of benzene rings is 6. The summed E-state index contributed by atoms with van der Waals surface area (Å²) in [7, 11) is 8.61. The summed E-state index contributed by atoms with van der Waals surface area (Å²) in [5, 5.41) is 4.83. The molecule has 324 valence electrons. The first kappa shape index (κ1) is 42.7. The number of nitrogens with zero attached hydrogens (tertiary/aromatic N) is 6. The maximum Gasteiger partial charge on any atom is 0.285 e. The van der Waals surface area contributed by atoms with Crippen LogP contribution in [0.3, 0.4) is 0 Å². The first-order valence-corrected chi connectivity index (χ1v) is 22.8. The Balaban J connectivity index is 0.803. The van der Waals surface area contributed by atoms with Crippen molar-refractivity contribution in [1.82, 2.24) is 0 Å². The fourth-order valence-corrected chi connectivity index (χ4v) is 9.63. The average molecular weight is 871 g/mol. The highest BCUT2D eigenvalue weighted by molar-refractivity contribution is 6.00. The maximum absolute atomic E-state index is 4.81. The van der Waals surface area contributed by atoms with Crippen LogP contribution in [0.15, 0.2) is 199 Å². The average Bonchev–Trinajstić information content (AvgIpc) is 3.35. The molecule has 0 N–H and O–H groups in total. The van der Waals surface area contributed by atoms with Crippen LogP contribution in [-0.2, 0) is 28.2 Å². The van der Waals surface area contributed by atoms with Gasteiger partial charge in [0.1, 0.15) is 28.2 Å². The molecule has 10 aromatic rings. The summed E-state index contributed by atoms with van der Waals surface area (Å²) in [4.78, 5) is 9.61. The standard InChI is InChI=1S/C61H54N6/c1-9-41(4)55-35-27-49-19-21-51-29-37-57(67(8)61(51)59(49)65(55)6)47-16-12-43(13-17-47)39-63-53-32-24-45(25-33-53)44-22-30-52(31-23-44)62-38-42-10-14-46(15-11-42)56-36-28-50-20-18-48-26-34-54(40(2)3)64(5)58(48)60(50)66(56)7/h9-39,41H,1-2H2,3-8H3/q+4. The lowest BCUT2D eigenvalue weighted by atomic mass is 10.0. The molecule has 0 saturated heterocycles. The topological polar surface area (TPSA) is 40.2 Å². The molecule has 67 heavy (non-hydrogen) atoms. The van der Waals surface area contributed by atoms with Crippen molar-refractivity contribution in [2.24, 2.45) is 38.2 Å². The van der Waals surface area contributed by atoms with Crippen LogP contribution in [0.25, 0.3) is 82.8 Å². The molecule has 1 unspecified atom stereocenters. The smallest absolute Gasteiger partial charge is 0.256 e. The second kappa shape index (κ2) is 17.6. The van der Waals surface area contributed by atoms with Crippen LogP contribution in [-0.4, -0.2) is 12.4 Å². The minimum atomic E-state index is 0.252. The predicted molar refractivity (Wildman–Crippen MR) is 278 cm³/mol. The number of pyridine rings is 4. The van der Waals surface area contributed by atoms with Crippen LogP contribution in [0.4, 0.5) is 11.4 Å². The molecule has 0 aliphatic carbocycles. The minimum Gasteiger partial charge on any atom is -0.256 e. The number of aliphatic imine (C=N–C) groups is 2. The summed E-state index contributed by atoms with van der Waals surface area (Å²) in [6.07, 6.45) is 5.86. The third-order valence-electron chi connectivity index (χ3n) is 13.4. The van der Waals surface area contributed by atoms with E-state index < -0.39 is 0 Å². The molecule has 4 aromatic heterocycles. The number of aromatic nitrogens is 4. The molecule has 10 rings (SSSR count). The van der Waals surface area contributed by atoms with E-state index in [1.165, 1.54) is 49.3 Å². The van der Waals surface area contributed by atoms with Gasteiger partial charge < -0.3 is 0 Å². The van der Waals surface area contributed by atoms with Crippen molar-refractivity contribution in [3.05, 3.63) is 212 Å².